The van der Waals surface area contributed by atoms with E-state index >= 15 is 0 Å². The Morgan fingerprint density at radius 3 is 2.43 bits per heavy atom. The van der Waals surface area contributed by atoms with Crippen LogP contribution in [0.2, 0.25) is 0 Å². The molecule has 0 unspecified atom stereocenters. The highest BCUT2D eigenvalue weighted by Gasteiger charge is 2.29. The maximum atomic E-state index is 12.3. The predicted octanol–water partition coefficient (Wildman–Crippen LogP) is 3.22. The molecule has 1 rings (SSSR count). The van der Waals surface area contributed by atoms with Gasteiger partial charge in [0.25, 0.3) is 0 Å². The summed E-state index contributed by atoms with van der Waals surface area (Å²) in [6, 6.07) is 3.22. The molecule has 0 saturated heterocycles. The Labute approximate surface area is 191 Å². The van der Waals surface area contributed by atoms with Crippen LogP contribution in [-0.4, -0.2) is 55.6 Å². The third-order valence-electron chi connectivity index (χ3n) is 3.21. The molecule has 3 N–H and O–H groups in total. The first-order chi connectivity index (χ1) is 13.5. The molecule has 12 heteroatoms. The number of aliphatic imine (C=N–C) groups is 1. The third-order valence-corrected chi connectivity index (χ3v) is 3.21. The maximum absolute atomic E-state index is 12.3. The molecule has 0 spiro atoms. The standard InChI is InChI=1S/C18H28F3N5O3.HI/c1-17(2,3)29-16(27)25-10-6-9-24-15(22-4)26-11-13-7-5-8-23-14(13)28-12-18(19,20)21;/h5,7-8H,6,9-12H2,1-4H3,(H,25,27)(H2,22,24,26);1H. The van der Waals surface area contributed by atoms with Gasteiger partial charge in [-0.1, -0.05) is 6.07 Å². The fourth-order valence-corrected chi connectivity index (χ4v) is 2.04. The van der Waals surface area contributed by atoms with Crippen LogP contribution in [0.4, 0.5) is 18.0 Å². The van der Waals surface area contributed by atoms with Crippen LogP contribution < -0.4 is 20.7 Å². The number of nitrogens with one attached hydrogen (secondary N) is 3. The summed E-state index contributed by atoms with van der Waals surface area (Å²) in [6.07, 6.45) is -2.94. The van der Waals surface area contributed by atoms with Crippen molar-refractivity contribution in [3.05, 3.63) is 23.9 Å². The molecule has 30 heavy (non-hydrogen) atoms. The molecule has 1 heterocycles. The zero-order valence-corrected chi connectivity index (χ0v) is 19.8. The molecule has 172 valence electrons. The lowest BCUT2D eigenvalue weighted by Crippen LogP contribution is -2.39. The van der Waals surface area contributed by atoms with Gasteiger partial charge in [0.1, 0.15) is 5.60 Å². The molecule has 0 radical (unpaired) electrons. The molecule has 0 fully saturated rings. The minimum atomic E-state index is -4.44. The summed E-state index contributed by atoms with van der Waals surface area (Å²) in [7, 11) is 1.57. The third kappa shape index (κ3) is 13.3. The quantitative estimate of drug-likeness (QED) is 0.200. The van der Waals surface area contributed by atoms with Crippen molar-refractivity contribution in [2.75, 3.05) is 26.7 Å². The van der Waals surface area contributed by atoms with Crippen LogP contribution in [0.5, 0.6) is 5.88 Å². The van der Waals surface area contributed by atoms with Gasteiger partial charge >= 0.3 is 12.3 Å². The minimum Gasteiger partial charge on any atom is -0.468 e. The number of hydrogen-bond donors (Lipinski definition) is 3. The first-order valence-electron chi connectivity index (χ1n) is 9.05. The molecule has 0 aliphatic carbocycles. The topological polar surface area (TPSA) is 96.9 Å². The number of amides is 1. The lowest BCUT2D eigenvalue weighted by atomic mass is 10.2. The van der Waals surface area contributed by atoms with Gasteiger partial charge in [-0.2, -0.15) is 13.2 Å². The summed E-state index contributed by atoms with van der Waals surface area (Å²) < 4.78 is 46.9. The van der Waals surface area contributed by atoms with E-state index in [0.29, 0.717) is 31.0 Å². The first kappa shape index (κ1) is 28.0. The number of ether oxygens (including phenoxy) is 2. The lowest BCUT2D eigenvalue weighted by Gasteiger charge is -2.19. The fourth-order valence-electron chi connectivity index (χ4n) is 2.04. The van der Waals surface area contributed by atoms with Gasteiger partial charge in [0.2, 0.25) is 5.88 Å². The van der Waals surface area contributed by atoms with E-state index in [2.05, 4.69) is 25.9 Å². The highest BCUT2D eigenvalue weighted by Crippen LogP contribution is 2.19. The SMILES string of the molecule is CN=C(NCCCNC(=O)OC(C)(C)C)NCc1cccnc1OCC(F)(F)F.I. The molecule has 8 nitrogen and oxygen atoms in total. The summed E-state index contributed by atoms with van der Waals surface area (Å²) in [5, 5.41) is 8.67. The van der Waals surface area contributed by atoms with E-state index in [-0.39, 0.29) is 36.4 Å². The van der Waals surface area contributed by atoms with Crippen LogP contribution >= 0.6 is 24.0 Å². The molecule has 0 aliphatic heterocycles. The number of carbonyl (C=O) groups excluding carboxylic acids is 1. The van der Waals surface area contributed by atoms with Crippen molar-refractivity contribution in [3.63, 3.8) is 0 Å². The molecule has 0 bridgehead atoms. The molecule has 1 aromatic heterocycles. The van der Waals surface area contributed by atoms with Crippen LogP contribution in [0.1, 0.15) is 32.8 Å². The normalized spacial score (nSPS) is 11.9. The number of carbonyl (C=O) groups is 1. The van der Waals surface area contributed by atoms with Crippen LogP contribution in [0.3, 0.4) is 0 Å². The molecular weight excluding hydrogens is 518 g/mol. The molecule has 0 saturated carbocycles. The average Bonchev–Trinajstić information content (AvgIpc) is 2.60. The Bertz CT molecular complexity index is 682. The summed E-state index contributed by atoms with van der Waals surface area (Å²) in [5.41, 5.74) is -0.0882. The first-order valence-corrected chi connectivity index (χ1v) is 9.05. The monoisotopic (exact) mass is 547 g/mol. The van der Waals surface area contributed by atoms with Crippen LogP contribution in [-0.2, 0) is 11.3 Å². The van der Waals surface area contributed by atoms with E-state index in [9.17, 15) is 18.0 Å². The number of rotatable bonds is 8. The van der Waals surface area contributed by atoms with E-state index in [1.54, 1.807) is 40.0 Å². The van der Waals surface area contributed by atoms with Crippen LogP contribution in [0.15, 0.2) is 23.3 Å². The number of hydrogen-bond acceptors (Lipinski definition) is 5. The second kappa shape index (κ2) is 13.3. The summed E-state index contributed by atoms with van der Waals surface area (Å²) in [4.78, 5) is 19.4. The number of halogens is 4. The highest BCUT2D eigenvalue weighted by atomic mass is 127. The zero-order valence-electron chi connectivity index (χ0n) is 17.4. The second-order valence-electron chi connectivity index (χ2n) is 7.01. The minimum absolute atomic E-state index is 0. The molecule has 0 aliphatic rings. The number of alkyl halides is 3. The highest BCUT2D eigenvalue weighted by molar-refractivity contribution is 14.0. The molecular formula is C18H29F3IN5O3. The van der Waals surface area contributed by atoms with Crippen molar-refractivity contribution < 1.29 is 27.4 Å². The van der Waals surface area contributed by atoms with Gasteiger partial charge in [0, 0.05) is 38.4 Å². The van der Waals surface area contributed by atoms with Crippen molar-refractivity contribution in [1.82, 2.24) is 20.9 Å². The maximum Gasteiger partial charge on any atom is 0.422 e. The summed E-state index contributed by atoms with van der Waals surface area (Å²) in [6.45, 7) is 5.05. The smallest absolute Gasteiger partial charge is 0.422 e. The van der Waals surface area contributed by atoms with E-state index in [1.165, 1.54) is 6.20 Å². The van der Waals surface area contributed by atoms with Crippen LogP contribution in [0, 0.1) is 0 Å². The van der Waals surface area contributed by atoms with Crippen molar-refractivity contribution >= 4 is 36.0 Å². The Morgan fingerprint density at radius 1 is 1.17 bits per heavy atom. The summed E-state index contributed by atoms with van der Waals surface area (Å²) >= 11 is 0. The summed E-state index contributed by atoms with van der Waals surface area (Å²) in [5.74, 6) is 0.363. The van der Waals surface area contributed by atoms with E-state index < -0.39 is 24.5 Å². The Morgan fingerprint density at radius 2 is 1.83 bits per heavy atom. The Hall–Kier alpha value is -1.99. The molecule has 0 atom stereocenters. The molecule has 1 aromatic rings. The van der Waals surface area contributed by atoms with Crippen molar-refractivity contribution in [3.8, 4) is 5.88 Å². The van der Waals surface area contributed by atoms with Crippen molar-refractivity contribution in [2.24, 2.45) is 4.99 Å². The lowest BCUT2D eigenvalue weighted by molar-refractivity contribution is -0.154. The van der Waals surface area contributed by atoms with Crippen molar-refractivity contribution in [2.45, 2.75) is 45.5 Å². The second-order valence-corrected chi connectivity index (χ2v) is 7.01. The Balaban J connectivity index is 0.00000841. The number of nitrogens with zero attached hydrogens (tertiary/aromatic N) is 2. The van der Waals surface area contributed by atoms with Gasteiger partial charge in [-0.15, -0.1) is 24.0 Å². The van der Waals surface area contributed by atoms with Gasteiger partial charge in [-0.25, -0.2) is 9.78 Å². The van der Waals surface area contributed by atoms with Gasteiger partial charge in [0.15, 0.2) is 12.6 Å². The van der Waals surface area contributed by atoms with Gasteiger partial charge < -0.3 is 25.4 Å². The van der Waals surface area contributed by atoms with Gasteiger partial charge in [-0.3, -0.25) is 4.99 Å². The number of aromatic nitrogens is 1. The van der Waals surface area contributed by atoms with E-state index in [4.69, 9.17) is 9.47 Å². The predicted molar refractivity (Wildman–Crippen MR) is 118 cm³/mol. The van der Waals surface area contributed by atoms with E-state index in [1.807, 2.05) is 0 Å². The fraction of sp³-hybridized carbons (Fsp3) is 0.611. The average molecular weight is 547 g/mol. The van der Waals surface area contributed by atoms with Crippen LogP contribution in [0.25, 0.3) is 0 Å². The van der Waals surface area contributed by atoms with Crippen molar-refractivity contribution in [1.29, 1.82) is 0 Å². The van der Waals surface area contributed by atoms with Gasteiger partial charge in [-0.05, 0) is 33.3 Å². The number of alkyl carbamates (subject to hydrolysis) is 1. The number of pyridine rings is 1. The Kier molecular flexibility index (Phi) is 12.5. The van der Waals surface area contributed by atoms with Gasteiger partial charge in [0.05, 0.1) is 0 Å². The zero-order chi connectivity index (χ0) is 21.9. The largest absolute Gasteiger partial charge is 0.468 e. The number of guanidine groups is 1. The molecule has 0 aromatic carbocycles. The van der Waals surface area contributed by atoms with E-state index in [0.717, 1.165) is 0 Å². The molecule has 1 amide bonds.